The Labute approximate surface area is 105 Å². The van der Waals surface area contributed by atoms with Crippen molar-refractivity contribution < 1.29 is 0 Å². The van der Waals surface area contributed by atoms with Crippen molar-refractivity contribution in [3.05, 3.63) is 0 Å². The van der Waals surface area contributed by atoms with E-state index in [0.717, 1.165) is 19.4 Å². The van der Waals surface area contributed by atoms with Crippen LogP contribution in [0, 0.1) is 10.8 Å². The van der Waals surface area contributed by atoms with E-state index in [-0.39, 0.29) is 0 Å². The molecule has 0 heterocycles. The fourth-order valence-electron chi connectivity index (χ4n) is 1.85. The van der Waals surface area contributed by atoms with Crippen LogP contribution in [-0.2, 0) is 0 Å². The highest BCUT2D eigenvalue weighted by atomic mass is 14.9. The van der Waals surface area contributed by atoms with Crippen molar-refractivity contribution in [1.82, 2.24) is 5.32 Å². The Hall–Kier alpha value is -1.06. The summed E-state index contributed by atoms with van der Waals surface area (Å²) in [5, 5.41) is 16.8. The van der Waals surface area contributed by atoms with Gasteiger partial charge >= 0.3 is 0 Å². The van der Waals surface area contributed by atoms with Gasteiger partial charge in [-0.15, -0.1) is 0 Å². The smallest absolute Gasteiger partial charge is 0.0905 e. The molecule has 0 rings (SSSR count). The first kappa shape index (κ1) is 15.9. The molecule has 0 saturated heterocycles. The Morgan fingerprint density at radius 1 is 0.882 bits per heavy atom. The maximum atomic E-state index is 7.09. The summed E-state index contributed by atoms with van der Waals surface area (Å²) in [4.78, 5) is 0. The van der Waals surface area contributed by atoms with Gasteiger partial charge in [-0.2, -0.15) is 0 Å². The van der Waals surface area contributed by atoms with E-state index in [1.54, 1.807) is 0 Å². The molecule has 0 aliphatic rings. The van der Waals surface area contributed by atoms with Crippen molar-refractivity contribution in [2.75, 3.05) is 6.54 Å². The third kappa shape index (κ3) is 14.9. The molecule has 4 heteroatoms. The zero-order valence-electron chi connectivity index (χ0n) is 10.9. The molecule has 0 amide bonds. The summed E-state index contributed by atoms with van der Waals surface area (Å²) in [7, 11) is 0. The van der Waals surface area contributed by atoms with Crippen LogP contribution in [-0.4, -0.2) is 18.7 Å². The van der Waals surface area contributed by atoms with Gasteiger partial charge in [-0.25, -0.2) is 0 Å². The molecule has 17 heavy (non-hydrogen) atoms. The molecule has 0 unspecified atom stereocenters. The van der Waals surface area contributed by atoms with Gasteiger partial charge in [0.15, 0.2) is 0 Å². The number of hydrogen-bond donors (Lipinski definition) is 4. The van der Waals surface area contributed by atoms with Crippen LogP contribution in [0.5, 0.6) is 0 Å². The van der Waals surface area contributed by atoms with Crippen LogP contribution in [0.2, 0.25) is 0 Å². The second-order valence-corrected chi connectivity index (χ2v) is 4.56. The van der Waals surface area contributed by atoms with Gasteiger partial charge in [0.2, 0.25) is 0 Å². The van der Waals surface area contributed by atoms with Gasteiger partial charge in [0.1, 0.15) is 0 Å². The maximum absolute atomic E-state index is 7.09. The minimum Gasteiger partial charge on any atom is -0.388 e. The van der Waals surface area contributed by atoms with E-state index in [4.69, 9.17) is 16.6 Å². The monoisotopic (exact) mass is 240 g/mol. The third-order valence-electron chi connectivity index (χ3n) is 2.87. The molecule has 0 aliphatic heterocycles. The Kier molecular flexibility index (Phi) is 12.2. The molecular formula is C13H28N4. The molecule has 5 N–H and O–H groups in total. The Balaban J connectivity index is 2.94. The van der Waals surface area contributed by atoms with Gasteiger partial charge in [0, 0.05) is 13.0 Å². The molecule has 0 aromatic heterocycles. The Morgan fingerprint density at radius 2 is 1.35 bits per heavy atom. The Morgan fingerprint density at radius 3 is 1.82 bits per heavy atom. The lowest BCUT2D eigenvalue weighted by Crippen LogP contribution is -2.11. The molecule has 0 saturated carbocycles. The largest absolute Gasteiger partial charge is 0.388 e. The molecule has 0 aromatic carbocycles. The van der Waals surface area contributed by atoms with Crippen LogP contribution >= 0.6 is 0 Å². The number of nitrogens with one attached hydrogen (secondary N) is 3. The highest BCUT2D eigenvalue weighted by molar-refractivity contribution is 5.76. The minimum absolute atomic E-state index is 0.323. The topological polar surface area (TPSA) is 85.8 Å². The highest BCUT2D eigenvalue weighted by Gasteiger charge is 1.93. The fourth-order valence-corrected chi connectivity index (χ4v) is 1.85. The van der Waals surface area contributed by atoms with Crippen molar-refractivity contribution in [2.45, 2.75) is 64.2 Å². The number of nitrogens with two attached hydrogens (primary N) is 1. The lowest BCUT2D eigenvalue weighted by Gasteiger charge is -2.02. The molecule has 0 bridgehead atoms. The van der Waals surface area contributed by atoms with Gasteiger partial charge in [-0.05, 0) is 12.8 Å². The molecule has 0 aromatic rings. The average Bonchev–Trinajstić information content (AvgIpc) is 2.30. The van der Waals surface area contributed by atoms with Gasteiger partial charge in [-0.1, -0.05) is 44.9 Å². The van der Waals surface area contributed by atoms with E-state index in [1.165, 1.54) is 57.7 Å². The number of hydrogen-bond acceptors (Lipinski definition) is 2. The quantitative estimate of drug-likeness (QED) is 0.226. The molecular weight excluding hydrogens is 212 g/mol. The van der Waals surface area contributed by atoms with E-state index in [1.807, 2.05) is 0 Å². The lowest BCUT2D eigenvalue weighted by molar-refractivity contribution is 0.560. The molecule has 4 nitrogen and oxygen atoms in total. The molecule has 0 aliphatic carbocycles. The molecule has 0 spiro atoms. The van der Waals surface area contributed by atoms with Crippen molar-refractivity contribution in [3.8, 4) is 0 Å². The van der Waals surface area contributed by atoms with E-state index in [2.05, 4.69) is 5.32 Å². The normalized spacial score (nSPS) is 10.1. The fraction of sp³-hybridized carbons (Fsp3) is 0.846. The first-order chi connectivity index (χ1) is 8.27. The van der Waals surface area contributed by atoms with Crippen LogP contribution < -0.4 is 11.1 Å². The van der Waals surface area contributed by atoms with Crippen LogP contribution in [0.3, 0.4) is 0 Å². The van der Waals surface area contributed by atoms with Crippen LogP contribution in [0.4, 0.5) is 0 Å². The van der Waals surface area contributed by atoms with Crippen molar-refractivity contribution in [3.63, 3.8) is 0 Å². The van der Waals surface area contributed by atoms with Gasteiger partial charge < -0.3 is 11.1 Å². The summed E-state index contributed by atoms with van der Waals surface area (Å²) in [6.07, 6.45) is 13.3. The van der Waals surface area contributed by atoms with Crippen molar-refractivity contribution in [1.29, 1.82) is 10.8 Å². The first-order valence-corrected chi connectivity index (χ1v) is 6.82. The third-order valence-corrected chi connectivity index (χ3v) is 2.87. The average molecular weight is 240 g/mol. The highest BCUT2D eigenvalue weighted by Crippen LogP contribution is 2.10. The van der Waals surface area contributed by atoms with Crippen LogP contribution in [0.1, 0.15) is 64.2 Å². The summed E-state index contributed by atoms with van der Waals surface area (Å²) in [5.41, 5.74) is 5.29. The second-order valence-electron chi connectivity index (χ2n) is 4.56. The predicted octanol–water partition coefficient (Wildman–Crippen LogP) is 3.02. The SMILES string of the molecule is N=CNCCCCCCCCCCCC(=N)N. The summed E-state index contributed by atoms with van der Waals surface area (Å²) >= 11 is 0. The van der Waals surface area contributed by atoms with Crippen molar-refractivity contribution in [2.24, 2.45) is 5.73 Å². The van der Waals surface area contributed by atoms with E-state index < -0.39 is 0 Å². The van der Waals surface area contributed by atoms with Gasteiger partial charge in [0.25, 0.3) is 0 Å². The zero-order chi connectivity index (χ0) is 12.8. The number of rotatable bonds is 13. The molecule has 100 valence electrons. The maximum Gasteiger partial charge on any atom is 0.0905 e. The van der Waals surface area contributed by atoms with Gasteiger partial charge in [-0.3, -0.25) is 10.8 Å². The zero-order valence-corrected chi connectivity index (χ0v) is 10.9. The molecule has 0 radical (unpaired) electrons. The number of amidine groups is 1. The summed E-state index contributed by atoms with van der Waals surface area (Å²) in [5.74, 6) is 0.323. The van der Waals surface area contributed by atoms with Crippen molar-refractivity contribution >= 4 is 12.2 Å². The van der Waals surface area contributed by atoms with E-state index in [0.29, 0.717) is 5.84 Å². The summed E-state index contributed by atoms with van der Waals surface area (Å²) < 4.78 is 0. The summed E-state index contributed by atoms with van der Waals surface area (Å²) in [6.45, 7) is 0.939. The predicted molar refractivity (Wildman–Crippen MR) is 74.9 cm³/mol. The first-order valence-electron chi connectivity index (χ1n) is 6.82. The second kappa shape index (κ2) is 13.0. The minimum atomic E-state index is 0.323. The van der Waals surface area contributed by atoms with Crippen LogP contribution in [0.25, 0.3) is 0 Å². The Bertz CT molecular complexity index is 192. The van der Waals surface area contributed by atoms with E-state index >= 15 is 0 Å². The molecule has 0 fully saturated rings. The van der Waals surface area contributed by atoms with E-state index in [9.17, 15) is 0 Å². The molecule has 0 atom stereocenters. The van der Waals surface area contributed by atoms with Gasteiger partial charge in [0.05, 0.1) is 12.2 Å². The lowest BCUT2D eigenvalue weighted by atomic mass is 10.1. The standard InChI is InChI=1S/C13H28N4/c14-12-17-11-9-7-5-3-1-2-4-6-8-10-13(15)16/h12H,1-11H2,(H2,14,17)(H3,15,16). The summed E-state index contributed by atoms with van der Waals surface area (Å²) in [6, 6.07) is 0. The number of unbranched alkanes of at least 4 members (excludes halogenated alkanes) is 8. The van der Waals surface area contributed by atoms with Crippen LogP contribution in [0.15, 0.2) is 0 Å².